The molecule has 0 unspecified atom stereocenters. The Kier molecular flexibility index (Phi) is 3.77. The fourth-order valence-corrected chi connectivity index (χ4v) is 1.48. The monoisotopic (exact) mass is 244 g/mol. The van der Waals surface area contributed by atoms with E-state index in [2.05, 4.69) is 6.58 Å². The zero-order chi connectivity index (χ0) is 11.6. The standard InChI is InChI=1S/C11H10Cl2O2/c1-3-6(2)11(15)7-4-5-8(14)10(13)9(7)12/h4-5,14H,2-3H2,1H3. The third-order valence-corrected chi connectivity index (χ3v) is 2.93. The van der Waals surface area contributed by atoms with E-state index in [1.807, 2.05) is 6.92 Å². The van der Waals surface area contributed by atoms with Gasteiger partial charge in [-0.15, -0.1) is 0 Å². The van der Waals surface area contributed by atoms with Crippen LogP contribution in [0.15, 0.2) is 24.3 Å². The Balaban J connectivity index is 3.22. The van der Waals surface area contributed by atoms with Crippen LogP contribution in [0.5, 0.6) is 5.75 Å². The Morgan fingerprint density at radius 2 is 2.00 bits per heavy atom. The van der Waals surface area contributed by atoms with Crippen molar-refractivity contribution < 1.29 is 9.90 Å². The molecule has 1 N–H and O–H groups in total. The van der Waals surface area contributed by atoms with Gasteiger partial charge in [-0.3, -0.25) is 4.79 Å². The van der Waals surface area contributed by atoms with Gasteiger partial charge in [0.15, 0.2) is 5.78 Å². The summed E-state index contributed by atoms with van der Waals surface area (Å²) in [6.07, 6.45) is 0.549. The summed E-state index contributed by atoms with van der Waals surface area (Å²) in [5.74, 6) is -0.385. The first-order valence-electron chi connectivity index (χ1n) is 4.38. The Morgan fingerprint density at radius 1 is 1.40 bits per heavy atom. The minimum atomic E-state index is -0.246. The molecule has 0 saturated heterocycles. The molecular weight excluding hydrogens is 235 g/mol. The fourth-order valence-electron chi connectivity index (χ4n) is 1.07. The highest BCUT2D eigenvalue weighted by Gasteiger charge is 2.16. The minimum Gasteiger partial charge on any atom is -0.506 e. The van der Waals surface area contributed by atoms with Crippen LogP contribution in [-0.2, 0) is 0 Å². The molecule has 80 valence electrons. The lowest BCUT2D eigenvalue weighted by molar-refractivity contribution is 0.103. The van der Waals surface area contributed by atoms with Crippen molar-refractivity contribution in [3.8, 4) is 5.75 Å². The molecule has 0 aromatic heterocycles. The first kappa shape index (κ1) is 12.1. The largest absolute Gasteiger partial charge is 0.506 e. The van der Waals surface area contributed by atoms with E-state index in [0.717, 1.165) is 0 Å². The molecule has 0 aliphatic rings. The van der Waals surface area contributed by atoms with E-state index in [1.165, 1.54) is 12.1 Å². The van der Waals surface area contributed by atoms with Gasteiger partial charge in [0.1, 0.15) is 10.8 Å². The van der Waals surface area contributed by atoms with Gasteiger partial charge in [-0.05, 0) is 24.1 Å². The van der Waals surface area contributed by atoms with Crippen LogP contribution in [0.1, 0.15) is 23.7 Å². The van der Waals surface area contributed by atoms with Gasteiger partial charge in [0, 0.05) is 5.56 Å². The van der Waals surface area contributed by atoms with Gasteiger partial charge in [0.2, 0.25) is 0 Å². The van der Waals surface area contributed by atoms with Crippen LogP contribution in [0, 0.1) is 0 Å². The third kappa shape index (κ3) is 2.33. The number of rotatable bonds is 3. The SMILES string of the molecule is C=C(CC)C(=O)c1ccc(O)c(Cl)c1Cl. The highest BCUT2D eigenvalue weighted by Crippen LogP contribution is 2.34. The average Bonchev–Trinajstić information content (AvgIpc) is 2.24. The van der Waals surface area contributed by atoms with Crippen molar-refractivity contribution in [3.05, 3.63) is 39.9 Å². The smallest absolute Gasteiger partial charge is 0.189 e. The number of aromatic hydroxyl groups is 1. The van der Waals surface area contributed by atoms with Gasteiger partial charge in [-0.1, -0.05) is 36.7 Å². The van der Waals surface area contributed by atoms with Gasteiger partial charge in [0.05, 0.1) is 5.02 Å². The molecule has 0 heterocycles. The predicted molar refractivity (Wildman–Crippen MR) is 61.9 cm³/mol. The lowest BCUT2D eigenvalue weighted by atomic mass is 10.0. The third-order valence-electron chi connectivity index (χ3n) is 2.05. The summed E-state index contributed by atoms with van der Waals surface area (Å²) in [6, 6.07) is 2.77. The van der Waals surface area contributed by atoms with Crippen molar-refractivity contribution in [3.63, 3.8) is 0 Å². The summed E-state index contributed by atoms with van der Waals surface area (Å²) in [6.45, 7) is 5.46. The number of carbonyl (C=O) groups excluding carboxylic acids is 1. The van der Waals surface area contributed by atoms with Crippen LogP contribution in [0.2, 0.25) is 10.0 Å². The topological polar surface area (TPSA) is 37.3 Å². The van der Waals surface area contributed by atoms with Crippen molar-refractivity contribution in [1.29, 1.82) is 0 Å². The molecule has 0 aliphatic heterocycles. The van der Waals surface area contributed by atoms with E-state index in [0.29, 0.717) is 12.0 Å². The number of phenols is 1. The summed E-state index contributed by atoms with van der Waals surface area (Å²) in [5, 5.41) is 9.31. The predicted octanol–water partition coefficient (Wildman–Crippen LogP) is 3.85. The first-order valence-corrected chi connectivity index (χ1v) is 5.14. The number of Topliss-reactive ketones (excluding diaryl/α,β-unsaturated/α-hetero) is 1. The number of hydrogen-bond acceptors (Lipinski definition) is 2. The lowest BCUT2D eigenvalue weighted by Crippen LogP contribution is -2.02. The molecule has 0 fully saturated rings. The van der Waals surface area contributed by atoms with E-state index in [4.69, 9.17) is 23.2 Å². The van der Waals surface area contributed by atoms with Gasteiger partial charge in [-0.2, -0.15) is 0 Å². The molecule has 0 radical (unpaired) electrons. The number of benzene rings is 1. The van der Waals surface area contributed by atoms with Crippen molar-refractivity contribution >= 4 is 29.0 Å². The van der Waals surface area contributed by atoms with Crippen molar-refractivity contribution in [2.75, 3.05) is 0 Å². The van der Waals surface area contributed by atoms with E-state index in [-0.39, 0.29) is 27.1 Å². The highest BCUT2D eigenvalue weighted by molar-refractivity contribution is 6.45. The minimum absolute atomic E-state index is 0.00794. The lowest BCUT2D eigenvalue weighted by Gasteiger charge is -2.07. The zero-order valence-corrected chi connectivity index (χ0v) is 9.69. The number of carbonyl (C=O) groups is 1. The van der Waals surface area contributed by atoms with Crippen LogP contribution >= 0.6 is 23.2 Å². The average molecular weight is 245 g/mol. The van der Waals surface area contributed by atoms with Gasteiger partial charge in [-0.25, -0.2) is 0 Å². The summed E-state index contributed by atoms with van der Waals surface area (Å²) in [5.41, 5.74) is 0.727. The second-order valence-electron chi connectivity index (χ2n) is 3.05. The molecule has 2 nitrogen and oxygen atoms in total. The highest BCUT2D eigenvalue weighted by atomic mass is 35.5. The number of hydrogen-bond donors (Lipinski definition) is 1. The normalized spacial score (nSPS) is 10.1. The summed E-state index contributed by atoms with van der Waals surface area (Å²) in [4.78, 5) is 11.7. The Hall–Kier alpha value is -0.990. The Labute approximate surface area is 98.1 Å². The summed E-state index contributed by atoms with van der Waals surface area (Å²) >= 11 is 11.6. The molecule has 1 aromatic carbocycles. The summed E-state index contributed by atoms with van der Waals surface area (Å²) in [7, 11) is 0. The number of allylic oxidation sites excluding steroid dienone is 1. The maximum atomic E-state index is 11.7. The fraction of sp³-hybridized carbons (Fsp3) is 0.182. The molecular formula is C11H10Cl2O2. The van der Waals surface area contributed by atoms with E-state index in [9.17, 15) is 9.90 Å². The maximum Gasteiger partial charge on any atom is 0.189 e. The number of phenolic OH excluding ortho intramolecular Hbond substituents is 1. The summed E-state index contributed by atoms with van der Waals surface area (Å²) < 4.78 is 0. The Morgan fingerprint density at radius 3 is 2.53 bits per heavy atom. The van der Waals surface area contributed by atoms with Crippen LogP contribution in [-0.4, -0.2) is 10.9 Å². The van der Waals surface area contributed by atoms with Crippen molar-refractivity contribution in [2.24, 2.45) is 0 Å². The molecule has 0 bridgehead atoms. The first-order chi connectivity index (χ1) is 6.99. The van der Waals surface area contributed by atoms with Crippen LogP contribution in [0.3, 0.4) is 0 Å². The molecule has 1 rings (SSSR count). The second kappa shape index (κ2) is 4.69. The van der Waals surface area contributed by atoms with Crippen molar-refractivity contribution in [1.82, 2.24) is 0 Å². The zero-order valence-electron chi connectivity index (χ0n) is 8.18. The molecule has 0 atom stereocenters. The Bertz CT molecular complexity index is 425. The molecule has 0 amide bonds. The number of halogens is 2. The number of ketones is 1. The van der Waals surface area contributed by atoms with Crippen molar-refractivity contribution in [2.45, 2.75) is 13.3 Å². The van der Waals surface area contributed by atoms with Crippen LogP contribution in [0.4, 0.5) is 0 Å². The second-order valence-corrected chi connectivity index (χ2v) is 3.80. The van der Waals surface area contributed by atoms with E-state index in [1.54, 1.807) is 0 Å². The molecule has 0 aliphatic carbocycles. The van der Waals surface area contributed by atoms with E-state index >= 15 is 0 Å². The maximum absolute atomic E-state index is 11.7. The molecule has 15 heavy (non-hydrogen) atoms. The molecule has 0 spiro atoms. The van der Waals surface area contributed by atoms with Gasteiger partial charge >= 0.3 is 0 Å². The van der Waals surface area contributed by atoms with E-state index < -0.39 is 0 Å². The van der Waals surface area contributed by atoms with Gasteiger partial charge < -0.3 is 5.11 Å². The molecule has 1 aromatic rings. The van der Waals surface area contributed by atoms with Crippen LogP contribution in [0.25, 0.3) is 0 Å². The quantitative estimate of drug-likeness (QED) is 0.648. The van der Waals surface area contributed by atoms with Crippen LogP contribution < -0.4 is 0 Å². The molecule has 0 saturated carbocycles. The molecule has 4 heteroatoms. The van der Waals surface area contributed by atoms with Gasteiger partial charge in [0.25, 0.3) is 0 Å².